The van der Waals surface area contributed by atoms with Gasteiger partial charge < -0.3 is 9.05 Å². The van der Waals surface area contributed by atoms with Crippen molar-refractivity contribution in [2.24, 2.45) is 0 Å². The van der Waals surface area contributed by atoms with E-state index in [0.29, 0.717) is 26.1 Å². The van der Waals surface area contributed by atoms with E-state index in [1.54, 1.807) is 13.8 Å². The Morgan fingerprint density at radius 3 is 2.29 bits per heavy atom. The molecule has 0 N–H and O–H groups in total. The van der Waals surface area contributed by atoms with E-state index in [1.807, 2.05) is 0 Å². The maximum absolute atomic E-state index is 12.6. The number of carbonyl (C=O) groups excluding carboxylic acids is 1. The molecule has 100 valence electrons. The summed E-state index contributed by atoms with van der Waals surface area (Å²) >= 11 is 0. The van der Waals surface area contributed by atoms with Crippen molar-refractivity contribution in [1.29, 1.82) is 0 Å². The summed E-state index contributed by atoms with van der Waals surface area (Å²) in [4.78, 5) is 12.0. The van der Waals surface area contributed by atoms with Crippen LogP contribution in [0.25, 0.3) is 0 Å². The Kier molecular flexibility index (Phi) is 6.39. The van der Waals surface area contributed by atoms with Crippen LogP contribution < -0.4 is 0 Å². The largest absolute Gasteiger partial charge is 0.341 e. The predicted octanol–water partition coefficient (Wildman–Crippen LogP) is 3.54. The summed E-state index contributed by atoms with van der Waals surface area (Å²) in [5.74, 6) is 0.0509. The Labute approximate surface area is 104 Å². The predicted molar refractivity (Wildman–Crippen MR) is 67.4 cm³/mol. The van der Waals surface area contributed by atoms with Gasteiger partial charge in [0.05, 0.1) is 13.2 Å². The third-order valence-electron chi connectivity index (χ3n) is 3.02. The van der Waals surface area contributed by atoms with Gasteiger partial charge in [-0.05, 0) is 26.7 Å². The van der Waals surface area contributed by atoms with Crippen molar-refractivity contribution in [3.05, 3.63) is 0 Å². The minimum Gasteiger partial charge on any atom is -0.308 e. The first-order valence-corrected chi connectivity index (χ1v) is 8.16. The molecule has 0 amide bonds. The first-order valence-electron chi connectivity index (χ1n) is 6.55. The SMILES string of the molecule is CCOP(=O)(OCC)C1CCCCCCC1=O. The molecular formula is C12H23O4P. The van der Waals surface area contributed by atoms with Gasteiger partial charge in [-0.15, -0.1) is 0 Å². The lowest BCUT2D eigenvalue weighted by Gasteiger charge is -2.26. The molecule has 5 heteroatoms. The molecule has 0 aromatic heterocycles. The fourth-order valence-corrected chi connectivity index (χ4v) is 4.36. The third kappa shape index (κ3) is 4.20. The molecule has 0 radical (unpaired) electrons. The van der Waals surface area contributed by atoms with Gasteiger partial charge in [-0.2, -0.15) is 0 Å². The van der Waals surface area contributed by atoms with Crippen molar-refractivity contribution >= 4 is 13.4 Å². The second-order valence-corrected chi connectivity index (χ2v) is 6.53. The van der Waals surface area contributed by atoms with E-state index in [2.05, 4.69) is 0 Å². The Hall–Kier alpha value is -0.180. The second-order valence-electron chi connectivity index (χ2n) is 4.31. The van der Waals surface area contributed by atoms with Gasteiger partial charge in [0.2, 0.25) is 0 Å². The fourth-order valence-electron chi connectivity index (χ4n) is 2.23. The van der Waals surface area contributed by atoms with Crippen LogP contribution in [0.1, 0.15) is 52.4 Å². The number of ketones is 1. The molecule has 1 atom stereocenters. The zero-order valence-electron chi connectivity index (χ0n) is 10.8. The average molecular weight is 262 g/mol. The minimum absolute atomic E-state index is 0.0509. The molecule has 0 aromatic carbocycles. The molecule has 0 aliphatic heterocycles. The van der Waals surface area contributed by atoms with Crippen LogP contribution in [0.4, 0.5) is 0 Å². The Bertz CT molecular complexity index is 280. The summed E-state index contributed by atoms with van der Waals surface area (Å²) in [6.07, 6.45) is 5.16. The summed E-state index contributed by atoms with van der Waals surface area (Å²) in [5.41, 5.74) is -0.539. The smallest absolute Gasteiger partial charge is 0.308 e. The van der Waals surface area contributed by atoms with Crippen LogP contribution in [0.3, 0.4) is 0 Å². The highest BCUT2D eigenvalue weighted by atomic mass is 31.2. The normalized spacial score (nSPS) is 23.2. The molecule has 17 heavy (non-hydrogen) atoms. The van der Waals surface area contributed by atoms with Crippen LogP contribution in [0, 0.1) is 0 Å². The van der Waals surface area contributed by atoms with Gasteiger partial charge in [0.1, 0.15) is 11.4 Å². The molecule has 0 aromatic rings. The van der Waals surface area contributed by atoms with Gasteiger partial charge in [-0.3, -0.25) is 9.36 Å². The van der Waals surface area contributed by atoms with E-state index in [9.17, 15) is 9.36 Å². The van der Waals surface area contributed by atoms with Crippen LogP contribution in [-0.2, 0) is 18.4 Å². The Balaban J connectivity index is 2.81. The van der Waals surface area contributed by atoms with Gasteiger partial charge in [0.25, 0.3) is 0 Å². The molecule has 1 rings (SSSR count). The number of rotatable bonds is 5. The summed E-state index contributed by atoms with van der Waals surface area (Å²) in [5, 5.41) is 0. The highest BCUT2D eigenvalue weighted by Crippen LogP contribution is 2.55. The third-order valence-corrected chi connectivity index (χ3v) is 5.57. The van der Waals surface area contributed by atoms with Crippen molar-refractivity contribution in [2.75, 3.05) is 13.2 Å². The van der Waals surface area contributed by atoms with E-state index < -0.39 is 13.3 Å². The zero-order chi connectivity index (χ0) is 12.7. The van der Waals surface area contributed by atoms with Crippen molar-refractivity contribution in [2.45, 2.75) is 58.0 Å². The number of carbonyl (C=O) groups is 1. The molecule has 0 heterocycles. The summed E-state index contributed by atoms with van der Waals surface area (Å²) < 4.78 is 23.2. The monoisotopic (exact) mass is 262 g/mol. The van der Waals surface area contributed by atoms with Crippen LogP contribution in [0.15, 0.2) is 0 Å². The first kappa shape index (κ1) is 14.9. The number of Topliss-reactive ketones (excluding diaryl/α,β-unsaturated/α-hetero) is 1. The topological polar surface area (TPSA) is 52.6 Å². The highest BCUT2D eigenvalue weighted by molar-refractivity contribution is 7.55. The number of hydrogen-bond acceptors (Lipinski definition) is 4. The number of hydrogen-bond donors (Lipinski definition) is 0. The van der Waals surface area contributed by atoms with Crippen LogP contribution in [0.2, 0.25) is 0 Å². The minimum atomic E-state index is -3.25. The van der Waals surface area contributed by atoms with E-state index >= 15 is 0 Å². The first-order chi connectivity index (χ1) is 8.14. The average Bonchev–Trinajstić information content (AvgIpc) is 2.24. The van der Waals surface area contributed by atoms with E-state index in [4.69, 9.17) is 9.05 Å². The maximum atomic E-state index is 12.6. The maximum Gasteiger partial charge on any atom is 0.341 e. The Morgan fingerprint density at radius 1 is 1.12 bits per heavy atom. The summed E-state index contributed by atoms with van der Waals surface area (Å²) in [6, 6.07) is 0. The molecule has 0 bridgehead atoms. The lowest BCUT2D eigenvalue weighted by molar-refractivity contribution is -0.119. The van der Waals surface area contributed by atoms with Crippen LogP contribution in [0.5, 0.6) is 0 Å². The quantitative estimate of drug-likeness (QED) is 0.711. The zero-order valence-corrected chi connectivity index (χ0v) is 11.7. The van der Waals surface area contributed by atoms with E-state index in [1.165, 1.54) is 0 Å². The highest BCUT2D eigenvalue weighted by Gasteiger charge is 2.40. The van der Waals surface area contributed by atoms with Gasteiger partial charge >= 0.3 is 7.60 Å². The van der Waals surface area contributed by atoms with Gasteiger partial charge in [0, 0.05) is 6.42 Å². The molecule has 1 aliphatic rings. The standard InChI is InChI=1S/C12H23O4P/c1-3-15-17(14,16-4-2)12-10-8-6-5-7-9-11(12)13/h12H,3-10H2,1-2H3. The van der Waals surface area contributed by atoms with Gasteiger partial charge in [0.15, 0.2) is 0 Å². The Morgan fingerprint density at radius 2 is 1.71 bits per heavy atom. The molecule has 1 fully saturated rings. The molecule has 0 spiro atoms. The molecule has 4 nitrogen and oxygen atoms in total. The van der Waals surface area contributed by atoms with Gasteiger partial charge in [-0.25, -0.2) is 0 Å². The van der Waals surface area contributed by atoms with Crippen molar-refractivity contribution < 1.29 is 18.4 Å². The lowest BCUT2D eigenvalue weighted by Crippen LogP contribution is -2.24. The van der Waals surface area contributed by atoms with Crippen molar-refractivity contribution in [3.63, 3.8) is 0 Å². The second kappa shape index (κ2) is 7.30. The van der Waals surface area contributed by atoms with Crippen molar-refractivity contribution in [3.8, 4) is 0 Å². The summed E-state index contributed by atoms with van der Waals surface area (Å²) in [6.45, 7) is 4.19. The van der Waals surface area contributed by atoms with Crippen LogP contribution >= 0.6 is 7.60 Å². The van der Waals surface area contributed by atoms with Crippen molar-refractivity contribution in [1.82, 2.24) is 0 Å². The fraction of sp³-hybridized carbons (Fsp3) is 0.917. The summed E-state index contributed by atoms with van der Waals surface area (Å²) in [7, 11) is -3.25. The van der Waals surface area contributed by atoms with E-state index in [-0.39, 0.29) is 5.78 Å². The lowest BCUT2D eigenvalue weighted by atomic mass is 9.99. The van der Waals surface area contributed by atoms with Gasteiger partial charge in [-0.1, -0.05) is 19.3 Å². The molecular weight excluding hydrogens is 239 g/mol. The van der Waals surface area contributed by atoms with Crippen LogP contribution in [-0.4, -0.2) is 24.7 Å². The molecule has 1 aliphatic carbocycles. The van der Waals surface area contributed by atoms with E-state index in [0.717, 1.165) is 25.7 Å². The molecule has 1 unspecified atom stereocenters. The molecule has 0 saturated heterocycles. The molecule has 1 saturated carbocycles.